The molecule has 0 radical (unpaired) electrons. The zero-order valence-electron chi connectivity index (χ0n) is 13.4. The van der Waals surface area contributed by atoms with Gasteiger partial charge < -0.3 is 10.1 Å². The van der Waals surface area contributed by atoms with Crippen molar-refractivity contribution in [1.82, 2.24) is 5.32 Å². The minimum absolute atomic E-state index is 0.192. The molecule has 1 amide bonds. The molecule has 3 rings (SSSR count). The molecule has 0 saturated heterocycles. The van der Waals surface area contributed by atoms with Crippen LogP contribution >= 0.6 is 11.3 Å². The summed E-state index contributed by atoms with van der Waals surface area (Å²) in [6.07, 6.45) is -4.71. The van der Waals surface area contributed by atoms with Gasteiger partial charge in [-0.15, -0.1) is 24.5 Å². The normalized spacial score (nSPS) is 11.2. The smallest absolute Gasteiger partial charge is 0.406 e. The Labute approximate surface area is 152 Å². The van der Waals surface area contributed by atoms with E-state index in [0.717, 1.165) is 11.1 Å². The molecule has 0 atom stereocenters. The molecule has 0 unspecified atom stereocenters. The Kier molecular flexibility index (Phi) is 5.27. The number of hydrogen-bond acceptors (Lipinski definition) is 3. The molecule has 3 aromatic rings. The van der Waals surface area contributed by atoms with Crippen LogP contribution in [0.5, 0.6) is 5.75 Å². The first-order valence-electron chi connectivity index (χ1n) is 7.67. The molecule has 3 nitrogen and oxygen atoms in total. The third kappa shape index (κ3) is 4.86. The van der Waals surface area contributed by atoms with Crippen molar-refractivity contribution in [2.24, 2.45) is 0 Å². The molecular weight excluding hydrogens is 363 g/mol. The van der Waals surface area contributed by atoms with E-state index in [1.165, 1.54) is 35.6 Å². The Bertz CT molecular complexity index is 874. The maximum Gasteiger partial charge on any atom is 0.573 e. The predicted molar refractivity (Wildman–Crippen MR) is 94.1 cm³/mol. The topological polar surface area (TPSA) is 38.3 Å². The van der Waals surface area contributed by atoms with E-state index in [9.17, 15) is 18.0 Å². The molecule has 0 fully saturated rings. The number of hydrogen-bond donors (Lipinski definition) is 1. The summed E-state index contributed by atoms with van der Waals surface area (Å²) in [6, 6.07) is 16.8. The van der Waals surface area contributed by atoms with Gasteiger partial charge in [0.05, 0.1) is 4.88 Å². The second-order valence-electron chi connectivity index (χ2n) is 5.44. The molecule has 0 aliphatic carbocycles. The van der Waals surface area contributed by atoms with Crippen LogP contribution in [0.1, 0.15) is 15.2 Å². The third-order valence-corrected chi connectivity index (χ3v) is 4.47. The van der Waals surface area contributed by atoms with Crippen LogP contribution < -0.4 is 10.1 Å². The number of benzene rings is 2. The molecule has 0 spiro atoms. The summed E-state index contributed by atoms with van der Waals surface area (Å²) in [5.74, 6) is -0.473. The summed E-state index contributed by atoms with van der Waals surface area (Å²) < 4.78 is 40.4. The molecule has 2 aromatic carbocycles. The van der Waals surface area contributed by atoms with Crippen LogP contribution in [0.3, 0.4) is 0 Å². The lowest BCUT2D eigenvalue weighted by atomic mass is 10.1. The molecule has 1 N–H and O–H groups in total. The Morgan fingerprint density at radius 3 is 2.35 bits per heavy atom. The second kappa shape index (κ2) is 7.61. The van der Waals surface area contributed by atoms with E-state index in [2.05, 4.69) is 10.1 Å². The second-order valence-corrected chi connectivity index (χ2v) is 6.35. The molecule has 134 valence electrons. The molecule has 0 saturated carbocycles. The summed E-state index contributed by atoms with van der Waals surface area (Å²) in [6.45, 7) is 0.427. The van der Waals surface area contributed by atoms with Crippen molar-refractivity contribution in [3.8, 4) is 16.9 Å². The highest BCUT2D eigenvalue weighted by molar-refractivity contribution is 7.12. The first-order chi connectivity index (χ1) is 12.4. The molecule has 26 heavy (non-hydrogen) atoms. The molecular formula is C19H14F3NO2S. The first-order valence-corrected chi connectivity index (χ1v) is 8.55. The van der Waals surface area contributed by atoms with E-state index in [1.807, 2.05) is 30.3 Å². The highest BCUT2D eigenvalue weighted by Gasteiger charge is 2.30. The number of rotatable bonds is 5. The van der Waals surface area contributed by atoms with Crippen molar-refractivity contribution in [1.29, 1.82) is 0 Å². The minimum atomic E-state index is -4.71. The summed E-state index contributed by atoms with van der Waals surface area (Å²) in [5, 5.41) is 4.63. The molecule has 0 aliphatic heterocycles. The van der Waals surface area contributed by atoms with E-state index in [4.69, 9.17) is 0 Å². The van der Waals surface area contributed by atoms with Crippen LogP contribution in [0, 0.1) is 0 Å². The van der Waals surface area contributed by atoms with Crippen molar-refractivity contribution in [3.05, 3.63) is 76.5 Å². The van der Waals surface area contributed by atoms with Gasteiger partial charge in [-0.2, -0.15) is 0 Å². The van der Waals surface area contributed by atoms with E-state index in [-0.39, 0.29) is 11.7 Å². The standard InChI is InChI=1S/C19H14F3NO2S/c20-19(21,22)25-16-8-6-14(7-9-16)15-10-17(26-12-15)18(24)23-11-13-4-2-1-3-5-13/h1-10,12H,11H2,(H,23,24). The lowest BCUT2D eigenvalue weighted by Crippen LogP contribution is -2.21. The van der Waals surface area contributed by atoms with Crippen LogP contribution in [0.15, 0.2) is 66.0 Å². The number of carbonyl (C=O) groups is 1. The fourth-order valence-electron chi connectivity index (χ4n) is 2.32. The van der Waals surface area contributed by atoms with Crippen LogP contribution in [0.2, 0.25) is 0 Å². The quantitative estimate of drug-likeness (QED) is 0.660. The third-order valence-electron chi connectivity index (χ3n) is 3.54. The number of thiophene rings is 1. The van der Waals surface area contributed by atoms with Gasteiger partial charge >= 0.3 is 6.36 Å². The van der Waals surface area contributed by atoms with Crippen LogP contribution in [-0.4, -0.2) is 12.3 Å². The molecule has 1 aromatic heterocycles. The first kappa shape index (κ1) is 18.0. The number of amides is 1. The largest absolute Gasteiger partial charge is 0.573 e. The van der Waals surface area contributed by atoms with Gasteiger partial charge in [-0.1, -0.05) is 42.5 Å². The maximum atomic E-state index is 12.2. The van der Waals surface area contributed by atoms with E-state index >= 15 is 0 Å². The SMILES string of the molecule is O=C(NCc1ccccc1)c1cc(-c2ccc(OC(F)(F)F)cc2)cs1. The number of ether oxygens (including phenoxy) is 1. The van der Waals surface area contributed by atoms with E-state index in [1.54, 1.807) is 11.4 Å². The average Bonchev–Trinajstić information content (AvgIpc) is 3.10. The van der Waals surface area contributed by atoms with Crippen molar-refractivity contribution in [2.75, 3.05) is 0 Å². The fraction of sp³-hybridized carbons (Fsp3) is 0.105. The monoisotopic (exact) mass is 377 g/mol. The summed E-state index contributed by atoms with van der Waals surface area (Å²) >= 11 is 1.28. The Balaban J connectivity index is 1.64. The van der Waals surface area contributed by atoms with Crippen LogP contribution in [0.25, 0.3) is 11.1 Å². The van der Waals surface area contributed by atoms with Gasteiger partial charge in [0.15, 0.2) is 0 Å². The van der Waals surface area contributed by atoms with Gasteiger partial charge in [-0.05, 0) is 40.3 Å². The lowest BCUT2D eigenvalue weighted by molar-refractivity contribution is -0.274. The van der Waals surface area contributed by atoms with Crippen molar-refractivity contribution < 1.29 is 22.7 Å². The zero-order chi connectivity index (χ0) is 18.6. The summed E-state index contributed by atoms with van der Waals surface area (Å²) in [4.78, 5) is 12.8. The van der Waals surface area contributed by atoms with E-state index in [0.29, 0.717) is 17.0 Å². The van der Waals surface area contributed by atoms with Crippen molar-refractivity contribution >= 4 is 17.2 Å². The summed E-state index contributed by atoms with van der Waals surface area (Å²) in [5.41, 5.74) is 2.47. The average molecular weight is 377 g/mol. The van der Waals surface area contributed by atoms with Gasteiger partial charge in [0.25, 0.3) is 5.91 Å². The zero-order valence-corrected chi connectivity index (χ0v) is 14.2. The van der Waals surface area contributed by atoms with Gasteiger partial charge in [-0.3, -0.25) is 4.79 Å². The molecule has 0 aliphatic rings. The Hall–Kier alpha value is -2.80. The predicted octanol–water partition coefficient (Wildman–Crippen LogP) is 5.24. The van der Waals surface area contributed by atoms with Crippen molar-refractivity contribution in [3.63, 3.8) is 0 Å². The highest BCUT2D eigenvalue weighted by atomic mass is 32.1. The van der Waals surface area contributed by atoms with Gasteiger partial charge in [0, 0.05) is 6.54 Å². The van der Waals surface area contributed by atoms with E-state index < -0.39 is 6.36 Å². The minimum Gasteiger partial charge on any atom is -0.406 e. The molecule has 0 bridgehead atoms. The molecule has 1 heterocycles. The van der Waals surface area contributed by atoms with Crippen LogP contribution in [-0.2, 0) is 6.54 Å². The Morgan fingerprint density at radius 2 is 1.69 bits per heavy atom. The number of alkyl halides is 3. The lowest BCUT2D eigenvalue weighted by Gasteiger charge is -2.08. The summed E-state index contributed by atoms with van der Waals surface area (Å²) in [7, 11) is 0. The number of nitrogens with one attached hydrogen (secondary N) is 1. The highest BCUT2D eigenvalue weighted by Crippen LogP contribution is 2.29. The Morgan fingerprint density at radius 1 is 1.00 bits per heavy atom. The maximum absolute atomic E-state index is 12.2. The number of carbonyl (C=O) groups excluding carboxylic acids is 1. The number of halogens is 3. The van der Waals surface area contributed by atoms with Gasteiger partial charge in [-0.25, -0.2) is 0 Å². The fourth-order valence-corrected chi connectivity index (χ4v) is 3.15. The van der Waals surface area contributed by atoms with Gasteiger partial charge in [0.1, 0.15) is 5.75 Å². The molecule has 7 heteroatoms. The van der Waals surface area contributed by atoms with Crippen LogP contribution in [0.4, 0.5) is 13.2 Å². The van der Waals surface area contributed by atoms with Gasteiger partial charge in [0.2, 0.25) is 0 Å². The van der Waals surface area contributed by atoms with Crippen molar-refractivity contribution in [2.45, 2.75) is 12.9 Å².